The fourth-order valence-electron chi connectivity index (χ4n) is 2.46. The molecule has 1 saturated heterocycles. The van der Waals surface area contributed by atoms with Gasteiger partial charge in [-0.15, -0.1) is 0 Å². The second-order valence-electron chi connectivity index (χ2n) is 5.26. The van der Waals surface area contributed by atoms with E-state index >= 15 is 0 Å². The molecule has 1 aromatic carbocycles. The normalized spacial score (nSPS) is 18.9. The zero-order chi connectivity index (χ0) is 13.0. The first-order chi connectivity index (χ1) is 8.65. The first-order valence-corrected chi connectivity index (χ1v) is 6.73. The minimum absolute atomic E-state index is 0.133. The van der Waals surface area contributed by atoms with Gasteiger partial charge in [0.2, 0.25) is 5.91 Å². The molecule has 1 aromatic rings. The molecule has 2 N–H and O–H groups in total. The summed E-state index contributed by atoms with van der Waals surface area (Å²) in [5.74, 6) is 0.809. The zero-order valence-electron chi connectivity index (χ0n) is 11.3. The number of hydrogen-bond acceptors (Lipinski definition) is 2. The molecule has 0 aromatic heterocycles. The van der Waals surface area contributed by atoms with Crippen molar-refractivity contribution in [3.63, 3.8) is 0 Å². The lowest BCUT2D eigenvalue weighted by atomic mass is 10.0. The highest BCUT2D eigenvalue weighted by molar-refractivity contribution is 5.91. The van der Waals surface area contributed by atoms with Crippen LogP contribution in [0.15, 0.2) is 18.2 Å². The third-order valence-electron chi connectivity index (χ3n) is 3.60. The van der Waals surface area contributed by atoms with Crippen LogP contribution in [-0.2, 0) is 4.79 Å². The Morgan fingerprint density at radius 1 is 1.44 bits per heavy atom. The van der Waals surface area contributed by atoms with E-state index in [1.807, 2.05) is 19.1 Å². The number of aryl methyl sites for hydroxylation is 2. The molecule has 0 radical (unpaired) electrons. The van der Waals surface area contributed by atoms with Crippen molar-refractivity contribution in [3.05, 3.63) is 29.3 Å². The van der Waals surface area contributed by atoms with Crippen molar-refractivity contribution in [2.45, 2.75) is 33.1 Å². The number of benzene rings is 1. The van der Waals surface area contributed by atoms with E-state index in [0.29, 0.717) is 12.3 Å². The van der Waals surface area contributed by atoms with Crippen LogP contribution in [0.25, 0.3) is 0 Å². The lowest BCUT2D eigenvalue weighted by Crippen LogP contribution is -2.15. The predicted molar refractivity (Wildman–Crippen MR) is 74.8 cm³/mol. The molecule has 1 aliphatic heterocycles. The Labute approximate surface area is 109 Å². The molecule has 3 heteroatoms. The van der Waals surface area contributed by atoms with Crippen LogP contribution in [0.2, 0.25) is 0 Å². The summed E-state index contributed by atoms with van der Waals surface area (Å²) in [5.41, 5.74) is 3.29. The Morgan fingerprint density at radius 2 is 2.28 bits per heavy atom. The minimum atomic E-state index is 0.133. The van der Waals surface area contributed by atoms with Crippen molar-refractivity contribution < 1.29 is 4.79 Å². The summed E-state index contributed by atoms with van der Waals surface area (Å²) in [6.07, 6.45) is 2.82. The Bertz CT molecular complexity index is 423. The molecule has 2 rings (SSSR count). The van der Waals surface area contributed by atoms with Gasteiger partial charge >= 0.3 is 0 Å². The summed E-state index contributed by atoms with van der Waals surface area (Å²) in [4.78, 5) is 11.9. The van der Waals surface area contributed by atoms with E-state index in [1.165, 1.54) is 12.0 Å². The molecule has 0 aliphatic carbocycles. The average Bonchev–Trinajstić information content (AvgIpc) is 2.83. The van der Waals surface area contributed by atoms with E-state index in [1.54, 1.807) is 0 Å². The van der Waals surface area contributed by atoms with Gasteiger partial charge in [0.25, 0.3) is 0 Å². The molecule has 0 bridgehead atoms. The van der Waals surface area contributed by atoms with Gasteiger partial charge in [0, 0.05) is 12.1 Å². The minimum Gasteiger partial charge on any atom is -0.326 e. The zero-order valence-corrected chi connectivity index (χ0v) is 11.3. The van der Waals surface area contributed by atoms with Gasteiger partial charge in [0.05, 0.1) is 0 Å². The number of carbonyl (C=O) groups excluding carboxylic acids is 1. The summed E-state index contributed by atoms with van der Waals surface area (Å²) in [6, 6.07) is 6.11. The molecule has 3 nitrogen and oxygen atoms in total. The third kappa shape index (κ3) is 3.57. The van der Waals surface area contributed by atoms with Gasteiger partial charge in [-0.3, -0.25) is 4.79 Å². The maximum Gasteiger partial charge on any atom is 0.224 e. The molecule has 1 heterocycles. The van der Waals surface area contributed by atoms with E-state index < -0.39 is 0 Å². The van der Waals surface area contributed by atoms with Crippen LogP contribution in [0.3, 0.4) is 0 Å². The van der Waals surface area contributed by atoms with Gasteiger partial charge in [-0.05, 0) is 57.3 Å². The Hall–Kier alpha value is -1.35. The van der Waals surface area contributed by atoms with E-state index in [9.17, 15) is 4.79 Å². The fraction of sp³-hybridized carbons (Fsp3) is 0.533. The largest absolute Gasteiger partial charge is 0.326 e. The van der Waals surface area contributed by atoms with E-state index in [4.69, 9.17) is 0 Å². The molecule has 18 heavy (non-hydrogen) atoms. The summed E-state index contributed by atoms with van der Waals surface area (Å²) in [7, 11) is 0. The molecule has 1 aliphatic rings. The van der Waals surface area contributed by atoms with Crippen LogP contribution < -0.4 is 10.6 Å². The SMILES string of the molecule is Cc1ccc(NC(=O)CCC2CCNC2)c(C)c1. The second-order valence-corrected chi connectivity index (χ2v) is 5.26. The van der Waals surface area contributed by atoms with Gasteiger partial charge in [0.15, 0.2) is 0 Å². The number of rotatable bonds is 4. The van der Waals surface area contributed by atoms with Gasteiger partial charge < -0.3 is 10.6 Å². The number of nitrogens with one attached hydrogen (secondary N) is 2. The summed E-state index contributed by atoms with van der Waals surface area (Å²) in [5, 5.41) is 6.33. The van der Waals surface area contributed by atoms with Crippen LogP contribution in [0.5, 0.6) is 0 Å². The van der Waals surface area contributed by atoms with Crippen molar-refractivity contribution in [3.8, 4) is 0 Å². The van der Waals surface area contributed by atoms with E-state index in [-0.39, 0.29) is 5.91 Å². The van der Waals surface area contributed by atoms with Crippen molar-refractivity contribution >= 4 is 11.6 Å². The lowest BCUT2D eigenvalue weighted by molar-refractivity contribution is -0.116. The summed E-state index contributed by atoms with van der Waals surface area (Å²) < 4.78 is 0. The number of amides is 1. The predicted octanol–water partition coefficient (Wildman–Crippen LogP) is 2.63. The molecular weight excluding hydrogens is 224 g/mol. The van der Waals surface area contributed by atoms with Crippen molar-refractivity contribution in [2.75, 3.05) is 18.4 Å². The monoisotopic (exact) mass is 246 g/mol. The van der Waals surface area contributed by atoms with Gasteiger partial charge in [-0.25, -0.2) is 0 Å². The molecule has 1 amide bonds. The van der Waals surface area contributed by atoms with Crippen LogP contribution in [0, 0.1) is 19.8 Å². The fourth-order valence-corrected chi connectivity index (χ4v) is 2.46. The van der Waals surface area contributed by atoms with Gasteiger partial charge in [-0.1, -0.05) is 17.7 Å². The van der Waals surface area contributed by atoms with Gasteiger partial charge in [0.1, 0.15) is 0 Å². The highest BCUT2D eigenvalue weighted by atomic mass is 16.1. The van der Waals surface area contributed by atoms with E-state index in [0.717, 1.165) is 30.8 Å². The van der Waals surface area contributed by atoms with Crippen molar-refractivity contribution in [1.82, 2.24) is 5.32 Å². The molecule has 1 atom stereocenters. The van der Waals surface area contributed by atoms with E-state index in [2.05, 4.69) is 23.6 Å². The summed E-state index contributed by atoms with van der Waals surface area (Å²) in [6.45, 7) is 6.26. The van der Waals surface area contributed by atoms with Crippen LogP contribution in [0.4, 0.5) is 5.69 Å². The first kappa shape index (κ1) is 13.1. The van der Waals surface area contributed by atoms with Crippen molar-refractivity contribution in [1.29, 1.82) is 0 Å². The topological polar surface area (TPSA) is 41.1 Å². The number of carbonyl (C=O) groups is 1. The summed E-state index contributed by atoms with van der Waals surface area (Å²) >= 11 is 0. The number of hydrogen-bond donors (Lipinski definition) is 2. The molecular formula is C15H22N2O. The Kier molecular flexibility index (Phi) is 4.37. The smallest absolute Gasteiger partial charge is 0.224 e. The lowest BCUT2D eigenvalue weighted by Gasteiger charge is -2.11. The van der Waals surface area contributed by atoms with Crippen molar-refractivity contribution in [2.24, 2.45) is 5.92 Å². The second kappa shape index (κ2) is 6.01. The van der Waals surface area contributed by atoms with Crippen LogP contribution in [-0.4, -0.2) is 19.0 Å². The maximum absolute atomic E-state index is 11.9. The third-order valence-corrected chi connectivity index (χ3v) is 3.60. The highest BCUT2D eigenvalue weighted by Gasteiger charge is 2.15. The number of anilines is 1. The van der Waals surface area contributed by atoms with Crippen LogP contribution >= 0.6 is 0 Å². The highest BCUT2D eigenvalue weighted by Crippen LogP contribution is 2.18. The Morgan fingerprint density at radius 3 is 2.94 bits per heavy atom. The average molecular weight is 246 g/mol. The maximum atomic E-state index is 11.9. The molecule has 1 fully saturated rings. The first-order valence-electron chi connectivity index (χ1n) is 6.73. The van der Waals surface area contributed by atoms with Crippen LogP contribution in [0.1, 0.15) is 30.4 Å². The molecule has 98 valence electrons. The molecule has 0 saturated carbocycles. The quantitative estimate of drug-likeness (QED) is 0.857. The van der Waals surface area contributed by atoms with Gasteiger partial charge in [-0.2, -0.15) is 0 Å². The Balaban J connectivity index is 1.82. The molecule has 0 spiro atoms. The standard InChI is InChI=1S/C15H22N2O/c1-11-3-5-14(12(2)9-11)17-15(18)6-4-13-7-8-16-10-13/h3,5,9,13,16H,4,6-8,10H2,1-2H3,(H,17,18). The molecule has 1 unspecified atom stereocenters.